The van der Waals surface area contributed by atoms with Crippen LogP contribution in [0.15, 0.2) is 35.8 Å². The zero-order valence-electron chi connectivity index (χ0n) is 13.8. The molecule has 0 aliphatic rings. The summed E-state index contributed by atoms with van der Waals surface area (Å²) in [5, 5.41) is 11.3. The molecule has 2 aromatic heterocycles. The number of rotatable bonds is 8. The van der Waals surface area contributed by atoms with E-state index in [2.05, 4.69) is 46.5 Å². The van der Waals surface area contributed by atoms with Gasteiger partial charge in [-0.2, -0.15) is 0 Å². The van der Waals surface area contributed by atoms with E-state index in [9.17, 15) is 0 Å². The molecule has 3 rings (SSSR count). The van der Waals surface area contributed by atoms with Gasteiger partial charge in [0.1, 0.15) is 18.1 Å². The molecule has 0 spiro atoms. The van der Waals surface area contributed by atoms with E-state index in [0.29, 0.717) is 19.9 Å². The molecule has 24 heavy (non-hydrogen) atoms. The number of aryl methyl sites for hydroxylation is 1. The number of benzene rings is 1. The molecule has 0 bridgehead atoms. The zero-order valence-corrected chi connectivity index (χ0v) is 14.6. The summed E-state index contributed by atoms with van der Waals surface area (Å²) in [6.07, 6.45) is 2.68. The van der Waals surface area contributed by atoms with Crippen LogP contribution in [0.3, 0.4) is 0 Å². The third kappa shape index (κ3) is 4.47. The summed E-state index contributed by atoms with van der Waals surface area (Å²) in [7, 11) is 1.65. The van der Waals surface area contributed by atoms with Gasteiger partial charge in [0.15, 0.2) is 0 Å². The first-order chi connectivity index (χ1) is 11.7. The Morgan fingerprint density at radius 1 is 1.21 bits per heavy atom. The van der Waals surface area contributed by atoms with Crippen molar-refractivity contribution < 1.29 is 9.47 Å². The van der Waals surface area contributed by atoms with Gasteiger partial charge in [0.05, 0.1) is 24.4 Å². The number of ether oxygens (including phenoxy) is 2. The van der Waals surface area contributed by atoms with Gasteiger partial charge in [-0.05, 0) is 12.5 Å². The summed E-state index contributed by atoms with van der Waals surface area (Å²) in [6.45, 7) is 3.55. The number of hydrogen-bond donors (Lipinski definition) is 0. The lowest BCUT2D eigenvalue weighted by molar-refractivity contribution is 0.0281. The van der Waals surface area contributed by atoms with Gasteiger partial charge in [-0.1, -0.05) is 35.0 Å². The van der Waals surface area contributed by atoms with E-state index in [0.717, 1.165) is 22.8 Å². The number of nitrogens with zero attached hydrogens (tertiary/aromatic N) is 4. The Bertz CT molecular complexity index is 784. The highest BCUT2D eigenvalue weighted by molar-refractivity contribution is 7.10. The first-order valence-electron chi connectivity index (χ1n) is 7.72. The maximum absolute atomic E-state index is 5.42. The van der Waals surface area contributed by atoms with Gasteiger partial charge in [-0.15, -0.1) is 16.4 Å². The average Bonchev–Trinajstić information content (AvgIpc) is 3.21. The fraction of sp³-hybridized carbons (Fsp3) is 0.353. The molecule has 1 aromatic carbocycles. The van der Waals surface area contributed by atoms with E-state index >= 15 is 0 Å². The van der Waals surface area contributed by atoms with E-state index in [1.54, 1.807) is 23.1 Å². The van der Waals surface area contributed by atoms with Gasteiger partial charge in [0.25, 0.3) is 0 Å². The third-order valence-electron chi connectivity index (χ3n) is 3.45. The molecule has 0 fully saturated rings. The van der Waals surface area contributed by atoms with Crippen molar-refractivity contribution >= 4 is 11.3 Å². The Kier molecular flexibility index (Phi) is 5.68. The van der Waals surface area contributed by atoms with Crippen LogP contribution in [0.5, 0.6) is 0 Å². The summed E-state index contributed by atoms with van der Waals surface area (Å²) in [5.74, 6) is 0. The van der Waals surface area contributed by atoms with Crippen LogP contribution in [0.25, 0.3) is 11.4 Å². The van der Waals surface area contributed by atoms with Gasteiger partial charge in [-0.3, -0.25) is 0 Å². The Balaban J connectivity index is 1.62. The fourth-order valence-corrected chi connectivity index (χ4v) is 3.11. The number of methoxy groups -OCH3 is 1. The van der Waals surface area contributed by atoms with E-state index in [1.165, 1.54) is 11.1 Å². The Morgan fingerprint density at radius 2 is 2.12 bits per heavy atom. The molecule has 0 amide bonds. The zero-order chi connectivity index (χ0) is 16.8. The maximum atomic E-state index is 5.42. The first kappa shape index (κ1) is 16.8. The lowest BCUT2D eigenvalue weighted by atomic mass is 10.1. The monoisotopic (exact) mass is 344 g/mol. The van der Waals surface area contributed by atoms with E-state index in [-0.39, 0.29) is 0 Å². The van der Waals surface area contributed by atoms with Crippen LogP contribution < -0.4 is 0 Å². The lowest BCUT2D eigenvalue weighted by Crippen LogP contribution is -2.07. The van der Waals surface area contributed by atoms with Crippen LogP contribution in [-0.4, -0.2) is 40.3 Å². The van der Waals surface area contributed by atoms with Crippen molar-refractivity contribution in [2.75, 3.05) is 20.3 Å². The summed E-state index contributed by atoms with van der Waals surface area (Å²) in [5.41, 5.74) is 4.15. The van der Waals surface area contributed by atoms with E-state index in [4.69, 9.17) is 9.47 Å². The quantitative estimate of drug-likeness (QED) is 0.588. The fourth-order valence-electron chi connectivity index (χ4n) is 2.29. The second kappa shape index (κ2) is 8.14. The Hall–Kier alpha value is -2.09. The van der Waals surface area contributed by atoms with Crippen LogP contribution in [0.1, 0.15) is 16.1 Å². The SMILES string of the molecule is COCCOCn1cc(-c2csc(Cc3cccc(C)c3)n2)nn1. The van der Waals surface area contributed by atoms with Crippen molar-refractivity contribution in [1.29, 1.82) is 0 Å². The van der Waals surface area contributed by atoms with Crippen LogP contribution in [-0.2, 0) is 22.6 Å². The second-order valence-corrected chi connectivity index (χ2v) is 6.41. The van der Waals surface area contributed by atoms with E-state index < -0.39 is 0 Å². The molecular weight excluding hydrogens is 324 g/mol. The van der Waals surface area contributed by atoms with Crippen LogP contribution in [0.2, 0.25) is 0 Å². The summed E-state index contributed by atoms with van der Waals surface area (Å²) in [4.78, 5) is 4.67. The van der Waals surface area contributed by atoms with Crippen LogP contribution in [0, 0.1) is 6.92 Å². The predicted molar refractivity (Wildman–Crippen MR) is 92.9 cm³/mol. The van der Waals surface area contributed by atoms with Gasteiger partial charge in [-0.25, -0.2) is 9.67 Å². The molecule has 0 saturated heterocycles. The average molecular weight is 344 g/mol. The molecule has 6 nitrogen and oxygen atoms in total. The molecule has 7 heteroatoms. The van der Waals surface area contributed by atoms with Crippen LogP contribution in [0.4, 0.5) is 0 Å². The normalized spacial score (nSPS) is 11.1. The molecule has 0 unspecified atom stereocenters. The minimum Gasteiger partial charge on any atom is -0.382 e. The predicted octanol–water partition coefficient (Wildman–Crippen LogP) is 2.92. The molecular formula is C17H20N4O2S. The standard InChI is InChI=1S/C17H20N4O2S/c1-13-4-3-5-14(8-13)9-17-18-16(11-24-17)15-10-21(20-19-15)12-23-7-6-22-2/h3-5,8,10-11H,6-7,9,12H2,1-2H3. The molecule has 0 saturated carbocycles. The second-order valence-electron chi connectivity index (χ2n) is 5.47. The highest BCUT2D eigenvalue weighted by Crippen LogP contribution is 2.22. The highest BCUT2D eigenvalue weighted by atomic mass is 32.1. The van der Waals surface area contributed by atoms with Gasteiger partial charge >= 0.3 is 0 Å². The number of hydrogen-bond acceptors (Lipinski definition) is 6. The minimum atomic E-state index is 0.358. The van der Waals surface area contributed by atoms with Gasteiger partial charge in [0, 0.05) is 18.9 Å². The Labute approximate surface area is 145 Å². The number of aromatic nitrogens is 4. The molecule has 0 radical (unpaired) electrons. The largest absolute Gasteiger partial charge is 0.382 e. The van der Waals surface area contributed by atoms with Crippen molar-refractivity contribution in [3.8, 4) is 11.4 Å². The lowest BCUT2D eigenvalue weighted by Gasteiger charge is -2.01. The smallest absolute Gasteiger partial charge is 0.141 e. The van der Waals surface area contributed by atoms with Crippen molar-refractivity contribution in [2.24, 2.45) is 0 Å². The van der Waals surface area contributed by atoms with Crippen molar-refractivity contribution in [2.45, 2.75) is 20.1 Å². The molecule has 0 aliphatic carbocycles. The van der Waals surface area contributed by atoms with Crippen molar-refractivity contribution in [3.63, 3.8) is 0 Å². The van der Waals surface area contributed by atoms with Crippen molar-refractivity contribution in [1.82, 2.24) is 20.0 Å². The highest BCUT2D eigenvalue weighted by Gasteiger charge is 2.09. The molecule has 3 aromatic rings. The van der Waals surface area contributed by atoms with E-state index in [1.807, 2.05) is 11.6 Å². The molecule has 0 atom stereocenters. The number of thiazole rings is 1. The maximum Gasteiger partial charge on any atom is 0.141 e. The van der Waals surface area contributed by atoms with Crippen molar-refractivity contribution in [3.05, 3.63) is 52.0 Å². The summed E-state index contributed by atoms with van der Waals surface area (Å²) >= 11 is 1.64. The Morgan fingerprint density at radius 3 is 2.96 bits per heavy atom. The minimum absolute atomic E-state index is 0.358. The van der Waals surface area contributed by atoms with Gasteiger partial charge in [0.2, 0.25) is 0 Å². The van der Waals surface area contributed by atoms with Crippen LogP contribution >= 0.6 is 11.3 Å². The molecule has 126 valence electrons. The van der Waals surface area contributed by atoms with Gasteiger partial charge < -0.3 is 9.47 Å². The third-order valence-corrected chi connectivity index (χ3v) is 4.29. The molecule has 0 N–H and O–H groups in total. The topological polar surface area (TPSA) is 62.1 Å². The molecule has 2 heterocycles. The first-order valence-corrected chi connectivity index (χ1v) is 8.59. The molecule has 0 aliphatic heterocycles. The summed E-state index contributed by atoms with van der Waals surface area (Å²) in [6, 6.07) is 8.49. The summed E-state index contributed by atoms with van der Waals surface area (Å²) < 4.78 is 12.0.